The maximum Gasteiger partial charge on any atom is 0.254 e. The maximum absolute atomic E-state index is 14.2. The lowest BCUT2D eigenvalue weighted by Crippen LogP contribution is -2.35. The van der Waals surface area contributed by atoms with Crippen LogP contribution in [0.1, 0.15) is 34.5 Å². The van der Waals surface area contributed by atoms with Gasteiger partial charge in [0.05, 0.1) is 43.4 Å². The Morgan fingerprint density at radius 2 is 2.03 bits per heavy atom. The first-order valence-electron chi connectivity index (χ1n) is 11.9. The van der Waals surface area contributed by atoms with Gasteiger partial charge < -0.3 is 18.9 Å². The summed E-state index contributed by atoms with van der Waals surface area (Å²) in [7, 11) is -2.54. The number of nitrogens with zero attached hydrogens (tertiary/aromatic N) is 3. The number of carbonyl (C=O) groups is 1. The Hall–Kier alpha value is -3.15. The molecule has 0 saturated carbocycles. The van der Waals surface area contributed by atoms with E-state index >= 15 is 0 Å². The lowest BCUT2D eigenvalue weighted by Gasteiger charge is -2.24. The van der Waals surface area contributed by atoms with Crippen molar-refractivity contribution in [3.63, 3.8) is 0 Å². The molecule has 0 spiro atoms. The number of sulfone groups is 1. The van der Waals surface area contributed by atoms with Crippen molar-refractivity contribution >= 4 is 15.7 Å². The van der Waals surface area contributed by atoms with Crippen molar-refractivity contribution < 1.29 is 31.5 Å². The van der Waals surface area contributed by atoms with Crippen LogP contribution < -0.4 is 0 Å². The molecule has 1 aromatic heterocycles. The highest BCUT2D eigenvalue weighted by Gasteiger charge is 2.29. The number of benzene rings is 2. The summed E-state index contributed by atoms with van der Waals surface area (Å²) < 4.78 is 67.2. The third-order valence-corrected chi connectivity index (χ3v) is 7.74. The molecule has 37 heavy (non-hydrogen) atoms. The average molecular weight is 534 g/mol. The van der Waals surface area contributed by atoms with E-state index in [1.807, 2.05) is 0 Å². The molecule has 0 N–H and O–H groups in total. The van der Waals surface area contributed by atoms with Crippen molar-refractivity contribution in [3.8, 4) is 0 Å². The van der Waals surface area contributed by atoms with Crippen LogP contribution in [0.5, 0.6) is 0 Å². The van der Waals surface area contributed by atoms with Crippen LogP contribution in [0.2, 0.25) is 0 Å². The number of aromatic nitrogens is 2. The van der Waals surface area contributed by atoms with Crippen LogP contribution in [-0.2, 0) is 38.2 Å². The van der Waals surface area contributed by atoms with Crippen molar-refractivity contribution in [3.05, 3.63) is 83.2 Å². The van der Waals surface area contributed by atoms with Gasteiger partial charge in [0.15, 0.2) is 0 Å². The molecule has 11 heteroatoms. The van der Waals surface area contributed by atoms with Crippen LogP contribution in [0.4, 0.5) is 8.78 Å². The first-order chi connectivity index (χ1) is 17.8. The molecule has 4 rings (SSSR count). The van der Waals surface area contributed by atoms with Crippen molar-refractivity contribution in [1.29, 1.82) is 0 Å². The van der Waals surface area contributed by atoms with E-state index in [2.05, 4.69) is 4.98 Å². The molecule has 3 aromatic rings. The molecule has 2 heterocycles. The number of imidazole rings is 1. The largest absolute Gasteiger partial charge is 0.383 e. The molecule has 2 aromatic carbocycles. The van der Waals surface area contributed by atoms with Crippen molar-refractivity contribution in [2.75, 3.05) is 26.9 Å². The van der Waals surface area contributed by atoms with Gasteiger partial charge in [0.2, 0.25) is 15.0 Å². The van der Waals surface area contributed by atoms with E-state index in [4.69, 9.17) is 9.47 Å². The summed E-state index contributed by atoms with van der Waals surface area (Å²) in [5.74, 6) is -2.15. The molecule has 1 saturated heterocycles. The summed E-state index contributed by atoms with van der Waals surface area (Å²) in [6.07, 6.45) is 2.79. The zero-order valence-corrected chi connectivity index (χ0v) is 21.3. The second-order valence-corrected chi connectivity index (χ2v) is 10.7. The lowest BCUT2D eigenvalue weighted by molar-refractivity contribution is 0.0668. The number of halogens is 2. The van der Waals surface area contributed by atoms with Crippen LogP contribution in [0, 0.1) is 11.6 Å². The van der Waals surface area contributed by atoms with E-state index in [1.54, 1.807) is 6.07 Å². The highest BCUT2D eigenvalue weighted by molar-refractivity contribution is 7.90. The summed E-state index contributed by atoms with van der Waals surface area (Å²) in [5, 5.41) is -0.217. The van der Waals surface area contributed by atoms with Gasteiger partial charge in [0, 0.05) is 31.4 Å². The van der Waals surface area contributed by atoms with E-state index in [0.29, 0.717) is 12.3 Å². The highest BCUT2D eigenvalue weighted by Crippen LogP contribution is 2.24. The minimum atomic E-state index is -4.04. The number of hydrogen-bond acceptors (Lipinski definition) is 6. The van der Waals surface area contributed by atoms with E-state index in [-0.39, 0.29) is 48.6 Å². The second kappa shape index (κ2) is 11.9. The fraction of sp³-hybridized carbons (Fsp3) is 0.385. The fourth-order valence-corrected chi connectivity index (χ4v) is 5.81. The molecule has 0 bridgehead atoms. The summed E-state index contributed by atoms with van der Waals surface area (Å²) in [5.41, 5.74) is 0.663. The Bertz CT molecular complexity index is 1340. The number of hydrogen-bond donors (Lipinski definition) is 0. The monoisotopic (exact) mass is 533 g/mol. The SMILES string of the molecule is COCCN(Cc1cnc(S(=O)(=O)Cc2ccccc2F)n1C[C@H]1CCCO1)C(=O)c1cccc(F)c1. The smallest absolute Gasteiger partial charge is 0.254 e. The molecule has 0 radical (unpaired) electrons. The number of ether oxygens (including phenoxy) is 2. The minimum Gasteiger partial charge on any atom is -0.383 e. The van der Waals surface area contributed by atoms with Gasteiger partial charge in [-0.15, -0.1) is 0 Å². The number of methoxy groups -OCH3 is 1. The summed E-state index contributed by atoms with van der Waals surface area (Å²) in [6, 6.07) is 11.1. The topological polar surface area (TPSA) is 90.7 Å². The van der Waals surface area contributed by atoms with Gasteiger partial charge in [0.1, 0.15) is 11.6 Å². The Morgan fingerprint density at radius 1 is 1.22 bits per heavy atom. The molecule has 0 unspecified atom stereocenters. The average Bonchev–Trinajstić information content (AvgIpc) is 3.53. The molecule has 1 amide bonds. The molecule has 0 aliphatic carbocycles. The lowest BCUT2D eigenvalue weighted by atomic mass is 10.2. The zero-order chi connectivity index (χ0) is 26.4. The molecular formula is C26H29F2N3O5S. The van der Waals surface area contributed by atoms with Gasteiger partial charge in [-0.05, 0) is 37.1 Å². The number of carbonyl (C=O) groups excluding carboxylic acids is 1. The Kier molecular flexibility index (Phi) is 8.67. The van der Waals surface area contributed by atoms with E-state index in [0.717, 1.165) is 18.9 Å². The molecule has 1 aliphatic heterocycles. The van der Waals surface area contributed by atoms with Gasteiger partial charge in [-0.1, -0.05) is 24.3 Å². The van der Waals surface area contributed by atoms with Crippen LogP contribution >= 0.6 is 0 Å². The third kappa shape index (κ3) is 6.60. The minimum absolute atomic E-state index is 0.00758. The molecule has 1 fully saturated rings. The van der Waals surface area contributed by atoms with Gasteiger partial charge in [0.25, 0.3) is 5.91 Å². The van der Waals surface area contributed by atoms with Gasteiger partial charge in [-0.3, -0.25) is 4.79 Å². The van der Waals surface area contributed by atoms with Crippen molar-refractivity contribution in [2.45, 2.75) is 42.9 Å². The van der Waals surface area contributed by atoms with E-state index < -0.39 is 33.1 Å². The normalized spacial score (nSPS) is 15.7. The maximum atomic E-state index is 14.2. The molecule has 1 aliphatic rings. The highest BCUT2D eigenvalue weighted by atomic mass is 32.2. The zero-order valence-electron chi connectivity index (χ0n) is 20.5. The predicted molar refractivity (Wildman–Crippen MR) is 132 cm³/mol. The molecular weight excluding hydrogens is 504 g/mol. The van der Waals surface area contributed by atoms with Gasteiger partial charge >= 0.3 is 0 Å². The Morgan fingerprint density at radius 3 is 2.73 bits per heavy atom. The summed E-state index contributed by atoms with van der Waals surface area (Å²) in [6.45, 7) is 1.21. The predicted octanol–water partition coefficient (Wildman–Crippen LogP) is 3.60. The molecule has 198 valence electrons. The van der Waals surface area contributed by atoms with E-state index in [9.17, 15) is 22.0 Å². The quantitative estimate of drug-likeness (QED) is 0.374. The van der Waals surface area contributed by atoms with Crippen LogP contribution in [0.15, 0.2) is 59.9 Å². The van der Waals surface area contributed by atoms with Crippen LogP contribution in [0.3, 0.4) is 0 Å². The first-order valence-corrected chi connectivity index (χ1v) is 13.6. The molecule has 1 atom stereocenters. The van der Waals surface area contributed by atoms with Crippen LogP contribution in [0.25, 0.3) is 0 Å². The summed E-state index contributed by atoms with van der Waals surface area (Å²) in [4.78, 5) is 18.9. The second-order valence-electron chi connectivity index (χ2n) is 8.86. The third-order valence-electron chi connectivity index (χ3n) is 6.17. The van der Waals surface area contributed by atoms with E-state index in [1.165, 1.54) is 59.2 Å². The Balaban J connectivity index is 1.68. The molecule has 8 nitrogen and oxygen atoms in total. The van der Waals surface area contributed by atoms with Crippen molar-refractivity contribution in [2.24, 2.45) is 0 Å². The van der Waals surface area contributed by atoms with Gasteiger partial charge in [-0.2, -0.15) is 0 Å². The fourth-order valence-electron chi connectivity index (χ4n) is 4.29. The number of amides is 1. The first kappa shape index (κ1) is 26.9. The number of rotatable bonds is 11. The standard InChI is InChI=1S/C26H29F2N3O5S/c1-35-13-11-30(25(32)19-7-4-8-21(27)14-19)16-22-15-29-26(31(22)17-23-9-5-12-36-23)37(33,34)18-20-6-2-3-10-24(20)28/h2-4,6-8,10,14-15,23H,5,9,11-13,16-18H2,1H3/t23-/m1/s1. The Labute approximate surface area is 214 Å². The van der Waals surface area contributed by atoms with Crippen LogP contribution in [-0.4, -0.2) is 61.7 Å². The summed E-state index contributed by atoms with van der Waals surface area (Å²) >= 11 is 0. The van der Waals surface area contributed by atoms with Crippen molar-refractivity contribution in [1.82, 2.24) is 14.5 Å². The van der Waals surface area contributed by atoms with Gasteiger partial charge in [-0.25, -0.2) is 22.2 Å².